The van der Waals surface area contributed by atoms with Crippen LogP contribution >= 0.6 is 11.8 Å². The SMILES string of the molecule is CC(Oc1ccc2ccccc2c1)C(=O)NNC(=O)CCSCC(N)=O. The van der Waals surface area contributed by atoms with E-state index in [4.69, 9.17) is 10.5 Å². The van der Waals surface area contributed by atoms with Gasteiger partial charge in [-0.25, -0.2) is 0 Å². The molecule has 8 heteroatoms. The largest absolute Gasteiger partial charge is 0.481 e. The molecule has 0 saturated heterocycles. The molecule has 0 spiro atoms. The first kappa shape index (κ1) is 19.6. The van der Waals surface area contributed by atoms with Gasteiger partial charge in [0.25, 0.3) is 5.91 Å². The van der Waals surface area contributed by atoms with E-state index in [1.807, 2.05) is 36.4 Å². The Balaban J connectivity index is 1.76. The van der Waals surface area contributed by atoms with Gasteiger partial charge in [0.1, 0.15) is 5.75 Å². The Morgan fingerprint density at radius 2 is 1.85 bits per heavy atom. The summed E-state index contributed by atoms with van der Waals surface area (Å²) in [5.74, 6) is -0.0715. The Kier molecular flexibility index (Phi) is 7.28. The predicted octanol–water partition coefficient (Wildman–Crippen LogP) is 1.36. The number of fused-ring (bicyclic) bond motifs is 1. The van der Waals surface area contributed by atoms with Gasteiger partial charge in [-0.1, -0.05) is 30.3 Å². The van der Waals surface area contributed by atoms with Crippen molar-refractivity contribution in [3.05, 3.63) is 42.5 Å². The summed E-state index contributed by atoms with van der Waals surface area (Å²) in [5.41, 5.74) is 9.65. The van der Waals surface area contributed by atoms with Crippen LogP contribution in [-0.2, 0) is 14.4 Å². The average Bonchev–Trinajstić information content (AvgIpc) is 2.63. The predicted molar refractivity (Wildman–Crippen MR) is 101 cm³/mol. The molecule has 1 unspecified atom stereocenters. The number of hydrazine groups is 1. The second-order valence-corrected chi connectivity index (χ2v) is 6.68. The van der Waals surface area contributed by atoms with Gasteiger partial charge >= 0.3 is 0 Å². The van der Waals surface area contributed by atoms with Crippen molar-refractivity contribution in [1.82, 2.24) is 10.9 Å². The topological polar surface area (TPSA) is 111 Å². The summed E-state index contributed by atoms with van der Waals surface area (Å²) in [6.07, 6.45) is -0.612. The van der Waals surface area contributed by atoms with Crippen LogP contribution in [0.5, 0.6) is 5.75 Å². The van der Waals surface area contributed by atoms with E-state index in [0.717, 1.165) is 10.8 Å². The molecule has 2 aromatic rings. The van der Waals surface area contributed by atoms with Gasteiger partial charge in [0.2, 0.25) is 11.8 Å². The first-order valence-corrected chi connectivity index (χ1v) is 9.21. The second kappa shape index (κ2) is 9.67. The lowest BCUT2D eigenvalue weighted by Crippen LogP contribution is -2.47. The molecule has 0 heterocycles. The summed E-state index contributed by atoms with van der Waals surface area (Å²) in [7, 11) is 0. The zero-order chi connectivity index (χ0) is 18.9. The zero-order valence-corrected chi connectivity index (χ0v) is 15.2. The third-order valence-corrected chi connectivity index (χ3v) is 4.43. The molecule has 138 valence electrons. The minimum atomic E-state index is -0.777. The smallest absolute Gasteiger partial charge is 0.279 e. The van der Waals surface area contributed by atoms with Crippen LogP contribution in [-0.4, -0.2) is 35.3 Å². The molecular formula is C18H21N3O4S. The highest BCUT2D eigenvalue weighted by Gasteiger charge is 2.15. The second-order valence-electron chi connectivity index (χ2n) is 5.58. The Morgan fingerprint density at radius 1 is 1.12 bits per heavy atom. The molecule has 0 aromatic heterocycles. The first-order valence-electron chi connectivity index (χ1n) is 8.06. The van der Waals surface area contributed by atoms with Crippen LogP contribution in [0.2, 0.25) is 0 Å². The number of hydrogen-bond acceptors (Lipinski definition) is 5. The number of primary amides is 1. The van der Waals surface area contributed by atoms with E-state index in [1.54, 1.807) is 13.0 Å². The highest BCUT2D eigenvalue weighted by Crippen LogP contribution is 2.21. The van der Waals surface area contributed by atoms with E-state index in [9.17, 15) is 14.4 Å². The van der Waals surface area contributed by atoms with E-state index in [0.29, 0.717) is 11.5 Å². The summed E-state index contributed by atoms with van der Waals surface area (Å²) in [5, 5.41) is 2.10. The molecule has 0 saturated carbocycles. The van der Waals surface area contributed by atoms with Gasteiger partial charge in [0.15, 0.2) is 6.10 Å². The van der Waals surface area contributed by atoms with Crippen molar-refractivity contribution in [3.63, 3.8) is 0 Å². The Morgan fingerprint density at radius 3 is 2.58 bits per heavy atom. The Bertz CT molecular complexity index is 797. The van der Waals surface area contributed by atoms with Gasteiger partial charge in [-0.15, -0.1) is 0 Å². The molecule has 0 radical (unpaired) electrons. The molecule has 4 N–H and O–H groups in total. The van der Waals surface area contributed by atoms with Crippen molar-refractivity contribution in [2.75, 3.05) is 11.5 Å². The molecule has 0 aliphatic carbocycles. The van der Waals surface area contributed by atoms with Gasteiger partial charge in [-0.2, -0.15) is 11.8 Å². The fraction of sp³-hybridized carbons (Fsp3) is 0.278. The van der Waals surface area contributed by atoms with Crippen LogP contribution in [0.3, 0.4) is 0 Å². The van der Waals surface area contributed by atoms with Gasteiger partial charge in [0, 0.05) is 12.2 Å². The number of thioether (sulfide) groups is 1. The first-order chi connectivity index (χ1) is 12.5. The number of carbonyl (C=O) groups is 3. The number of carbonyl (C=O) groups excluding carboxylic acids is 3. The van der Waals surface area contributed by atoms with Crippen LogP contribution < -0.4 is 21.3 Å². The molecule has 3 amide bonds. The number of amides is 3. The van der Waals surface area contributed by atoms with Gasteiger partial charge in [-0.05, 0) is 29.8 Å². The number of rotatable bonds is 8. The third kappa shape index (κ3) is 6.29. The van der Waals surface area contributed by atoms with Crippen molar-refractivity contribution in [2.45, 2.75) is 19.4 Å². The fourth-order valence-electron chi connectivity index (χ4n) is 2.13. The quantitative estimate of drug-likeness (QED) is 0.477. The maximum atomic E-state index is 12.0. The molecule has 0 aliphatic rings. The van der Waals surface area contributed by atoms with Crippen LogP contribution in [0.1, 0.15) is 13.3 Å². The maximum Gasteiger partial charge on any atom is 0.279 e. The van der Waals surface area contributed by atoms with Crippen molar-refractivity contribution in [1.29, 1.82) is 0 Å². The highest BCUT2D eigenvalue weighted by atomic mass is 32.2. The van der Waals surface area contributed by atoms with Crippen LogP contribution in [0, 0.1) is 0 Å². The number of nitrogens with two attached hydrogens (primary N) is 1. The molecular weight excluding hydrogens is 354 g/mol. The summed E-state index contributed by atoms with van der Waals surface area (Å²) in [6, 6.07) is 13.4. The maximum absolute atomic E-state index is 12.0. The average molecular weight is 375 g/mol. The summed E-state index contributed by atoms with van der Waals surface area (Å²) < 4.78 is 5.62. The minimum absolute atomic E-state index is 0.163. The lowest BCUT2D eigenvalue weighted by molar-refractivity contribution is -0.132. The number of benzene rings is 2. The number of ether oxygens (including phenoxy) is 1. The van der Waals surface area contributed by atoms with Gasteiger partial charge in [0.05, 0.1) is 5.75 Å². The van der Waals surface area contributed by atoms with E-state index in [1.165, 1.54) is 11.8 Å². The number of nitrogens with one attached hydrogen (secondary N) is 2. The van der Waals surface area contributed by atoms with Crippen LogP contribution in [0.15, 0.2) is 42.5 Å². The summed E-state index contributed by atoms with van der Waals surface area (Å²) >= 11 is 1.26. The molecule has 7 nitrogen and oxygen atoms in total. The van der Waals surface area contributed by atoms with E-state index in [2.05, 4.69) is 10.9 Å². The molecule has 0 bridgehead atoms. The summed E-state index contributed by atoms with van der Waals surface area (Å²) in [6.45, 7) is 1.60. The molecule has 2 rings (SSSR count). The Hall–Kier alpha value is -2.74. The third-order valence-electron chi connectivity index (χ3n) is 3.45. The van der Waals surface area contributed by atoms with Crippen molar-refractivity contribution in [2.24, 2.45) is 5.73 Å². The van der Waals surface area contributed by atoms with Crippen LogP contribution in [0.4, 0.5) is 0 Å². The van der Waals surface area contributed by atoms with Crippen molar-refractivity contribution >= 4 is 40.3 Å². The number of hydrogen-bond donors (Lipinski definition) is 3. The van der Waals surface area contributed by atoms with Crippen molar-refractivity contribution in [3.8, 4) is 5.75 Å². The highest BCUT2D eigenvalue weighted by molar-refractivity contribution is 7.99. The van der Waals surface area contributed by atoms with E-state index >= 15 is 0 Å². The lowest BCUT2D eigenvalue weighted by atomic mass is 10.1. The lowest BCUT2D eigenvalue weighted by Gasteiger charge is -2.15. The fourth-order valence-corrected chi connectivity index (χ4v) is 2.81. The molecule has 0 fully saturated rings. The molecule has 0 aliphatic heterocycles. The molecule has 1 atom stereocenters. The monoisotopic (exact) mass is 375 g/mol. The molecule has 2 aromatic carbocycles. The Labute approximate surface area is 155 Å². The van der Waals surface area contributed by atoms with Crippen molar-refractivity contribution < 1.29 is 19.1 Å². The van der Waals surface area contributed by atoms with E-state index in [-0.39, 0.29) is 18.1 Å². The molecule has 26 heavy (non-hydrogen) atoms. The van der Waals surface area contributed by atoms with E-state index < -0.39 is 17.9 Å². The zero-order valence-electron chi connectivity index (χ0n) is 14.4. The van der Waals surface area contributed by atoms with Crippen LogP contribution in [0.25, 0.3) is 10.8 Å². The normalized spacial score (nSPS) is 11.6. The minimum Gasteiger partial charge on any atom is -0.481 e. The summed E-state index contributed by atoms with van der Waals surface area (Å²) in [4.78, 5) is 34.2. The van der Waals surface area contributed by atoms with Gasteiger partial charge < -0.3 is 10.5 Å². The van der Waals surface area contributed by atoms with Gasteiger partial charge in [-0.3, -0.25) is 25.2 Å². The standard InChI is InChI=1S/C18H21N3O4S/c1-12(18(24)21-20-17(23)8-9-26-11-16(19)22)25-15-7-6-13-4-2-3-5-14(13)10-15/h2-7,10,12H,8-9,11H2,1H3,(H2,19,22)(H,20,23)(H,21,24).